The summed E-state index contributed by atoms with van der Waals surface area (Å²) in [4.78, 5) is 18.9. The number of amides is 1. The number of nitrogens with zero attached hydrogens (tertiary/aromatic N) is 3. The molecule has 0 radical (unpaired) electrons. The van der Waals surface area contributed by atoms with Gasteiger partial charge in [-0.2, -0.15) is 4.31 Å². The molecule has 7 nitrogen and oxygen atoms in total. The lowest BCUT2D eigenvalue weighted by Crippen LogP contribution is -2.41. The van der Waals surface area contributed by atoms with Crippen molar-refractivity contribution < 1.29 is 22.0 Å². The molecule has 1 N–H and O–H groups in total. The minimum absolute atomic E-state index is 0.0639. The Labute approximate surface area is 190 Å². The van der Waals surface area contributed by atoms with Gasteiger partial charge in [0.25, 0.3) is 0 Å². The zero-order valence-corrected chi connectivity index (χ0v) is 19.2. The highest BCUT2D eigenvalue weighted by molar-refractivity contribution is 7.89. The predicted molar refractivity (Wildman–Crippen MR) is 118 cm³/mol. The Morgan fingerprint density at radius 2 is 1.84 bits per heavy atom. The van der Waals surface area contributed by atoms with Crippen molar-refractivity contribution in [3.05, 3.63) is 40.9 Å². The molecule has 1 aromatic heterocycles. The van der Waals surface area contributed by atoms with Crippen molar-refractivity contribution in [1.82, 2.24) is 14.2 Å². The van der Waals surface area contributed by atoms with E-state index in [9.17, 15) is 22.0 Å². The number of anilines is 1. The van der Waals surface area contributed by atoms with E-state index in [1.807, 2.05) is 5.38 Å². The Bertz CT molecular complexity index is 1060. The van der Waals surface area contributed by atoms with Crippen LogP contribution in [0.15, 0.2) is 28.5 Å². The second kappa shape index (κ2) is 9.90. The van der Waals surface area contributed by atoms with E-state index in [4.69, 9.17) is 0 Å². The Morgan fingerprint density at radius 3 is 2.56 bits per heavy atom. The van der Waals surface area contributed by atoms with Gasteiger partial charge in [0.15, 0.2) is 5.13 Å². The number of carbonyl (C=O) groups is 1. The smallest absolute Gasteiger partial charge is 0.246 e. The Hall–Kier alpha value is -1.95. The molecule has 174 valence electrons. The first kappa shape index (κ1) is 23.2. The van der Waals surface area contributed by atoms with Crippen molar-refractivity contribution in [3.8, 4) is 0 Å². The van der Waals surface area contributed by atoms with Crippen LogP contribution in [0.5, 0.6) is 0 Å². The highest BCUT2D eigenvalue weighted by atomic mass is 32.2. The number of rotatable bonds is 6. The maximum absolute atomic E-state index is 14.0. The minimum atomic E-state index is -4.16. The van der Waals surface area contributed by atoms with Crippen LogP contribution in [-0.2, 0) is 21.4 Å². The molecule has 0 spiro atoms. The zero-order valence-electron chi connectivity index (χ0n) is 17.6. The molecule has 2 aliphatic heterocycles. The van der Waals surface area contributed by atoms with Crippen LogP contribution in [0, 0.1) is 17.6 Å². The van der Waals surface area contributed by atoms with Crippen LogP contribution in [0.2, 0.25) is 0 Å². The SMILES string of the molecule is O=C(Nc1nc(CN2CCCCC2)cs1)C1CCN(S(=O)(=O)c2cc(F)ccc2F)CC1. The van der Waals surface area contributed by atoms with E-state index in [0.29, 0.717) is 24.0 Å². The second-order valence-corrected chi connectivity index (χ2v) is 11.0. The number of hydrogen-bond acceptors (Lipinski definition) is 6. The quantitative estimate of drug-likeness (QED) is 0.679. The van der Waals surface area contributed by atoms with Gasteiger partial charge in [0.2, 0.25) is 15.9 Å². The number of hydrogen-bond donors (Lipinski definition) is 1. The number of aromatic nitrogens is 1. The fraction of sp³-hybridized carbons (Fsp3) is 0.524. The number of sulfonamides is 1. The molecule has 4 rings (SSSR count). The summed E-state index contributed by atoms with van der Waals surface area (Å²) in [6.07, 6.45) is 4.27. The average molecular weight is 485 g/mol. The van der Waals surface area contributed by atoms with Gasteiger partial charge in [-0.3, -0.25) is 9.69 Å². The van der Waals surface area contributed by atoms with Gasteiger partial charge >= 0.3 is 0 Å². The molecule has 0 saturated carbocycles. The number of thiazole rings is 1. The first-order valence-corrected chi connectivity index (χ1v) is 13.1. The first-order chi connectivity index (χ1) is 15.3. The van der Waals surface area contributed by atoms with E-state index < -0.39 is 26.6 Å². The van der Waals surface area contributed by atoms with Gasteiger partial charge in [-0.15, -0.1) is 11.3 Å². The lowest BCUT2D eigenvalue weighted by Gasteiger charge is -2.30. The Kier molecular flexibility index (Phi) is 7.18. The van der Waals surface area contributed by atoms with Gasteiger partial charge in [0, 0.05) is 30.9 Å². The molecule has 32 heavy (non-hydrogen) atoms. The van der Waals surface area contributed by atoms with Crippen LogP contribution in [0.25, 0.3) is 0 Å². The minimum Gasteiger partial charge on any atom is -0.302 e. The number of likely N-dealkylation sites (tertiary alicyclic amines) is 1. The maximum Gasteiger partial charge on any atom is 0.246 e. The van der Waals surface area contributed by atoms with Crippen LogP contribution < -0.4 is 5.32 Å². The monoisotopic (exact) mass is 484 g/mol. The van der Waals surface area contributed by atoms with Crippen LogP contribution >= 0.6 is 11.3 Å². The van der Waals surface area contributed by atoms with Crippen LogP contribution in [0.3, 0.4) is 0 Å². The van der Waals surface area contributed by atoms with Crippen molar-refractivity contribution in [1.29, 1.82) is 0 Å². The summed E-state index contributed by atoms with van der Waals surface area (Å²) in [5.41, 5.74) is 0.935. The topological polar surface area (TPSA) is 82.6 Å². The molecule has 0 atom stereocenters. The van der Waals surface area contributed by atoms with Gasteiger partial charge in [0.1, 0.15) is 16.5 Å². The largest absolute Gasteiger partial charge is 0.302 e. The molecule has 0 bridgehead atoms. The van der Waals surface area contributed by atoms with Crippen molar-refractivity contribution >= 4 is 32.4 Å². The first-order valence-electron chi connectivity index (χ1n) is 10.8. The van der Waals surface area contributed by atoms with E-state index in [0.717, 1.165) is 41.8 Å². The lowest BCUT2D eigenvalue weighted by atomic mass is 9.97. The summed E-state index contributed by atoms with van der Waals surface area (Å²) < 4.78 is 53.9. The van der Waals surface area contributed by atoms with Gasteiger partial charge < -0.3 is 5.32 Å². The number of benzene rings is 1. The standard InChI is InChI=1S/C21H26F2N4O3S2/c22-16-4-5-18(23)19(12-16)32(29,30)27-10-6-15(7-11-27)20(28)25-21-24-17(14-31-21)13-26-8-2-1-3-9-26/h4-5,12,14-15H,1-3,6-11,13H2,(H,24,25,28). The Morgan fingerprint density at radius 1 is 1.12 bits per heavy atom. The second-order valence-electron chi connectivity index (χ2n) is 8.22. The molecular formula is C21H26F2N4O3S2. The third-order valence-corrected chi connectivity index (χ3v) is 8.67. The lowest BCUT2D eigenvalue weighted by molar-refractivity contribution is -0.120. The van der Waals surface area contributed by atoms with Gasteiger partial charge in [-0.05, 0) is 57.0 Å². The van der Waals surface area contributed by atoms with Crippen LogP contribution in [-0.4, -0.2) is 54.7 Å². The molecule has 2 aromatic rings. The van der Waals surface area contributed by atoms with E-state index >= 15 is 0 Å². The van der Waals surface area contributed by atoms with Crippen molar-refractivity contribution in [2.45, 2.75) is 43.5 Å². The molecule has 3 heterocycles. The van der Waals surface area contributed by atoms with E-state index in [1.165, 1.54) is 30.6 Å². The Balaban J connectivity index is 1.31. The van der Waals surface area contributed by atoms with Crippen molar-refractivity contribution in [3.63, 3.8) is 0 Å². The third kappa shape index (κ3) is 5.33. The molecule has 2 fully saturated rings. The molecule has 0 aliphatic carbocycles. The predicted octanol–water partition coefficient (Wildman–Crippen LogP) is 3.45. The van der Waals surface area contributed by atoms with E-state index in [2.05, 4.69) is 15.2 Å². The fourth-order valence-electron chi connectivity index (χ4n) is 4.16. The summed E-state index contributed by atoms with van der Waals surface area (Å²) in [6, 6.07) is 2.37. The molecule has 0 unspecified atom stereocenters. The molecule has 11 heteroatoms. The fourth-order valence-corrected chi connectivity index (χ4v) is 6.41. The summed E-state index contributed by atoms with van der Waals surface area (Å²) in [5.74, 6) is -2.37. The van der Waals surface area contributed by atoms with Crippen LogP contribution in [0.1, 0.15) is 37.8 Å². The molecule has 1 aromatic carbocycles. The summed E-state index contributed by atoms with van der Waals surface area (Å²) in [5, 5.41) is 5.34. The zero-order chi connectivity index (χ0) is 22.7. The van der Waals surface area contributed by atoms with E-state index in [-0.39, 0.29) is 24.9 Å². The highest BCUT2D eigenvalue weighted by Gasteiger charge is 2.34. The number of carbonyl (C=O) groups excluding carboxylic acids is 1. The molecule has 1 amide bonds. The van der Waals surface area contributed by atoms with Gasteiger partial charge in [-0.1, -0.05) is 6.42 Å². The molecule has 2 aliphatic rings. The summed E-state index contributed by atoms with van der Waals surface area (Å²) in [7, 11) is -4.16. The number of halogens is 2. The average Bonchev–Trinajstić information content (AvgIpc) is 3.22. The van der Waals surface area contributed by atoms with Crippen molar-refractivity contribution in [2.75, 3.05) is 31.5 Å². The van der Waals surface area contributed by atoms with Gasteiger partial charge in [-0.25, -0.2) is 22.2 Å². The highest BCUT2D eigenvalue weighted by Crippen LogP contribution is 2.27. The van der Waals surface area contributed by atoms with Gasteiger partial charge in [0.05, 0.1) is 5.69 Å². The third-order valence-electron chi connectivity index (χ3n) is 5.95. The number of nitrogens with one attached hydrogen (secondary N) is 1. The van der Waals surface area contributed by atoms with Crippen molar-refractivity contribution in [2.24, 2.45) is 5.92 Å². The number of piperidine rings is 2. The summed E-state index contributed by atoms with van der Waals surface area (Å²) >= 11 is 1.38. The van der Waals surface area contributed by atoms with Crippen LogP contribution in [0.4, 0.5) is 13.9 Å². The van der Waals surface area contributed by atoms with E-state index in [1.54, 1.807) is 0 Å². The summed E-state index contributed by atoms with van der Waals surface area (Å²) in [6.45, 7) is 3.04. The molecule has 2 saturated heterocycles. The maximum atomic E-state index is 14.0. The normalized spacial score (nSPS) is 19.2. The molecular weight excluding hydrogens is 458 g/mol.